The Kier molecular flexibility index (Phi) is 4.12. The van der Waals surface area contributed by atoms with Crippen LogP contribution < -0.4 is 10.6 Å². The average Bonchev–Trinajstić information content (AvgIpc) is 2.17. The lowest BCUT2D eigenvalue weighted by atomic mass is 9.97. The first-order chi connectivity index (χ1) is 7.10. The Morgan fingerprint density at radius 3 is 2.47 bits per heavy atom. The van der Waals surface area contributed by atoms with Crippen molar-refractivity contribution in [2.45, 2.75) is 33.3 Å². The van der Waals surface area contributed by atoms with E-state index in [1.165, 1.54) is 5.56 Å². The van der Waals surface area contributed by atoms with Crippen molar-refractivity contribution in [2.75, 3.05) is 7.11 Å². The first-order valence-electron chi connectivity index (χ1n) is 5.09. The summed E-state index contributed by atoms with van der Waals surface area (Å²) in [6.07, 6.45) is 0. The lowest BCUT2D eigenvalue weighted by Gasteiger charge is -2.16. The van der Waals surface area contributed by atoms with Crippen molar-refractivity contribution >= 4 is 0 Å². The summed E-state index contributed by atoms with van der Waals surface area (Å²) in [5.74, 6) is 6.47. The lowest BCUT2D eigenvalue weighted by Crippen LogP contribution is -2.03. The highest BCUT2D eigenvalue weighted by Crippen LogP contribution is 2.31. The van der Waals surface area contributed by atoms with Gasteiger partial charge in [0, 0.05) is 0 Å². The molecule has 0 heterocycles. The monoisotopic (exact) mass is 209 g/mol. The van der Waals surface area contributed by atoms with Gasteiger partial charge in [-0.05, 0) is 41.7 Å². The molecule has 0 aliphatic rings. The summed E-state index contributed by atoms with van der Waals surface area (Å²) in [6.45, 7) is 6.75. The van der Waals surface area contributed by atoms with Crippen molar-refractivity contribution in [3.63, 3.8) is 0 Å². The predicted molar refractivity (Wildman–Crippen MR) is 60.8 cm³/mol. The highest BCUT2D eigenvalue weighted by atomic mass is 16.6. The summed E-state index contributed by atoms with van der Waals surface area (Å²) in [5, 5.41) is 0. The Morgan fingerprint density at radius 1 is 1.33 bits per heavy atom. The zero-order chi connectivity index (χ0) is 11.4. The minimum absolute atomic E-state index is 0.427. The Hall–Kier alpha value is -1.06. The number of nitrogens with two attached hydrogens (primary N) is 1. The van der Waals surface area contributed by atoms with Gasteiger partial charge in [0.2, 0.25) is 0 Å². The van der Waals surface area contributed by atoms with Gasteiger partial charge in [-0.2, -0.15) is 0 Å². The molecule has 0 atom stereocenters. The van der Waals surface area contributed by atoms with Crippen LogP contribution in [0.2, 0.25) is 0 Å². The van der Waals surface area contributed by atoms with E-state index in [-0.39, 0.29) is 0 Å². The molecular formula is C12H19NO2. The number of benzene rings is 1. The standard InChI is InChI=1S/C12H19NO2/c1-8(2)11-6-10(7-15-13)5-9(3)12(11)14-4/h5-6,8H,7,13H2,1-4H3. The third-order valence-corrected chi connectivity index (χ3v) is 2.44. The fourth-order valence-electron chi connectivity index (χ4n) is 1.77. The number of hydrogen-bond donors (Lipinski definition) is 1. The number of aryl methyl sites for hydroxylation is 1. The van der Waals surface area contributed by atoms with Gasteiger partial charge in [0.25, 0.3) is 0 Å². The van der Waals surface area contributed by atoms with Gasteiger partial charge in [-0.3, -0.25) is 4.84 Å². The number of ether oxygens (including phenoxy) is 1. The maximum absolute atomic E-state index is 5.40. The van der Waals surface area contributed by atoms with Crippen LogP contribution in [0.4, 0.5) is 0 Å². The summed E-state index contributed by atoms with van der Waals surface area (Å²) in [6, 6.07) is 4.13. The highest BCUT2D eigenvalue weighted by molar-refractivity contribution is 5.45. The van der Waals surface area contributed by atoms with Gasteiger partial charge in [-0.1, -0.05) is 13.8 Å². The zero-order valence-electron chi connectivity index (χ0n) is 9.83. The second-order valence-corrected chi connectivity index (χ2v) is 4.00. The predicted octanol–water partition coefficient (Wildman–Crippen LogP) is 2.52. The smallest absolute Gasteiger partial charge is 0.125 e. The van der Waals surface area contributed by atoms with Crippen LogP contribution in [0.25, 0.3) is 0 Å². The first-order valence-corrected chi connectivity index (χ1v) is 5.09. The maximum Gasteiger partial charge on any atom is 0.125 e. The highest BCUT2D eigenvalue weighted by Gasteiger charge is 2.11. The third kappa shape index (κ3) is 2.70. The molecule has 0 saturated heterocycles. The van der Waals surface area contributed by atoms with Crippen LogP contribution in [0, 0.1) is 6.92 Å². The fourth-order valence-corrected chi connectivity index (χ4v) is 1.77. The van der Waals surface area contributed by atoms with Gasteiger partial charge in [0.15, 0.2) is 0 Å². The summed E-state index contributed by atoms with van der Waals surface area (Å²) in [4.78, 5) is 4.65. The summed E-state index contributed by atoms with van der Waals surface area (Å²) < 4.78 is 5.40. The molecule has 3 heteroatoms. The van der Waals surface area contributed by atoms with Gasteiger partial charge in [-0.15, -0.1) is 0 Å². The summed E-state index contributed by atoms with van der Waals surface area (Å²) >= 11 is 0. The van der Waals surface area contributed by atoms with Crippen molar-refractivity contribution in [3.8, 4) is 5.75 Å². The molecular weight excluding hydrogens is 190 g/mol. The van der Waals surface area contributed by atoms with E-state index in [0.717, 1.165) is 16.9 Å². The van der Waals surface area contributed by atoms with Crippen molar-refractivity contribution in [2.24, 2.45) is 5.90 Å². The van der Waals surface area contributed by atoms with Gasteiger partial charge in [0.05, 0.1) is 13.7 Å². The quantitative estimate of drug-likeness (QED) is 0.775. The molecule has 0 aliphatic heterocycles. The lowest BCUT2D eigenvalue weighted by molar-refractivity contribution is 0.124. The maximum atomic E-state index is 5.40. The van der Waals surface area contributed by atoms with Crippen LogP contribution in [-0.4, -0.2) is 7.11 Å². The van der Waals surface area contributed by atoms with E-state index in [1.807, 2.05) is 13.0 Å². The Balaban J connectivity index is 3.19. The third-order valence-electron chi connectivity index (χ3n) is 2.44. The zero-order valence-corrected chi connectivity index (χ0v) is 9.83. The molecule has 0 unspecified atom stereocenters. The molecule has 0 radical (unpaired) electrons. The van der Waals surface area contributed by atoms with E-state index in [4.69, 9.17) is 10.6 Å². The molecule has 1 aromatic rings. The van der Waals surface area contributed by atoms with Crippen molar-refractivity contribution in [3.05, 3.63) is 28.8 Å². The van der Waals surface area contributed by atoms with E-state index in [1.54, 1.807) is 7.11 Å². The minimum Gasteiger partial charge on any atom is -0.496 e. The molecule has 1 aromatic carbocycles. The molecule has 15 heavy (non-hydrogen) atoms. The Bertz CT molecular complexity index is 335. The van der Waals surface area contributed by atoms with Crippen LogP contribution in [0.15, 0.2) is 12.1 Å². The van der Waals surface area contributed by atoms with E-state index in [9.17, 15) is 0 Å². The molecule has 0 aromatic heterocycles. The second-order valence-electron chi connectivity index (χ2n) is 4.00. The Labute approximate surface area is 91.1 Å². The van der Waals surface area contributed by atoms with Crippen LogP contribution in [0.5, 0.6) is 5.75 Å². The van der Waals surface area contributed by atoms with Gasteiger partial charge >= 0.3 is 0 Å². The molecule has 0 fully saturated rings. The number of rotatable bonds is 4. The van der Waals surface area contributed by atoms with Gasteiger partial charge < -0.3 is 4.74 Å². The van der Waals surface area contributed by atoms with Crippen LogP contribution in [-0.2, 0) is 11.4 Å². The molecule has 1 rings (SSSR count). The molecule has 84 valence electrons. The number of hydrogen-bond acceptors (Lipinski definition) is 3. The van der Waals surface area contributed by atoms with Gasteiger partial charge in [0.1, 0.15) is 5.75 Å². The van der Waals surface area contributed by atoms with Crippen molar-refractivity contribution in [1.29, 1.82) is 0 Å². The molecule has 2 N–H and O–H groups in total. The fraction of sp³-hybridized carbons (Fsp3) is 0.500. The van der Waals surface area contributed by atoms with Gasteiger partial charge in [-0.25, -0.2) is 5.90 Å². The van der Waals surface area contributed by atoms with E-state index in [0.29, 0.717) is 12.5 Å². The number of methoxy groups -OCH3 is 1. The topological polar surface area (TPSA) is 44.5 Å². The van der Waals surface area contributed by atoms with E-state index >= 15 is 0 Å². The minimum atomic E-state index is 0.427. The molecule has 0 spiro atoms. The molecule has 0 amide bonds. The largest absolute Gasteiger partial charge is 0.496 e. The average molecular weight is 209 g/mol. The van der Waals surface area contributed by atoms with Crippen molar-refractivity contribution in [1.82, 2.24) is 0 Å². The first kappa shape index (κ1) is 12.0. The summed E-state index contributed by atoms with van der Waals surface area (Å²) in [5.41, 5.74) is 3.40. The van der Waals surface area contributed by atoms with E-state index < -0.39 is 0 Å². The Morgan fingerprint density at radius 2 is 2.00 bits per heavy atom. The van der Waals surface area contributed by atoms with Crippen LogP contribution in [0.1, 0.15) is 36.5 Å². The summed E-state index contributed by atoms with van der Waals surface area (Å²) in [7, 11) is 1.70. The normalized spacial score (nSPS) is 10.8. The SMILES string of the molecule is COc1c(C)cc(CON)cc1C(C)C. The molecule has 0 saturated carbocycles. The van der Waals surface area contributed by atoms with E-state index in [2.05, 4.69) is 24.8 Å². The second kappa shape index (κ2) is 5.14. The van der Waals surface area contributed by atoms with Crippen LogP contribution in [0.3, 0.4) is 0 Å². The van der Waals surface area contributed by atoms with Crippen LogP contribution >= 0.6 is 0 Å². The molecule has 0 aliphatic carbocycles. The molecule has 3 nitrogen and oxygen atoms in total. The molecule has 0 bridgehead atoms. The van der Waals surface area contributed by atoms with Crippen molar-refractivity contribution < 1.29 is 9.57 Å².